The third-order valence-corrected chi connectivity index (χ3v) is 4.24. The molecule has 5 nitrogen and oxygen atoms in total. The van der Waals surface area contributed by atoms with Crippen LogP contribution in [0.2, 0.25) is 0 Å². The van der Waals surface area contributed by atoms with Gasteiger partial charge in [0.1, 0.15) is 0 Å². The average Bonchev–Trinajstić information content (AvgIpc) is 3.21. The highest BCUT2D eigenvalue weighted by molar-refractivity contribution is 5.79. The first kappa shape index (κ1) is 13.9. The van der Waals surface area contributed by atoms with E-state index in [0.29, 0.717) is 13.0 Å². The highest BCUT2D eigenvalue weighted by atomic mass is 16.4. The van der Waals surface area contributed by atoms with E-state index in [9.17, 15) is 9.59 Å². The summed E-state index contributed by atoms with van der Waals surface area (Å²) in [5, 5.41) is 12.1. The normalized spacial score (nSPS) is 19.7. The Labute approximate surface area is 123 Å². The van der Waals surface area contributed by atoms with E-state index in [2.05, 4.69) is 11.4 Å². The Kier molecular flexibility index (Phi) is 3.82. The van der Waals surface area contributed by atoms with Crippen LogP contribution < -0.4 is 5.32 Å². The van der Waals surface area contributed by atoms with Gasteiger partial charge in [0.25, 0.3) is 0 Å². The van der Waals surface area contributed by atoms with Crippen molar-refractivity contribution in [3.05, 3.63) is 29.8 Å². The van der Waals surface area contributed by atoms with Crippen LogP contribution in [-0.4, -0.2) is 41.0 Å². The zero-order valence-corrected chi connectivity index (χ0v) is 11.9. The number of hydrogen-bond donors (Lipinski definition) is 2. The van der Waals surface area contributed by atoms with Crippen molar-refractivity contribution in [1.82, 2.24) is 4.90 Å². The van der Waals surface area contributed by atoms with E-state index < -0.39 is 5.97 Å². The molecule has 0 spiro atoms. The summed E-state index contributed by atoms with van der Waals surface area (Å²) in [5.41, 5.74) is 2.30. The number of para-hydroxylation sites is 1. The minimum atomic E-state index is -0.846. The first-order chi connectivity index (χ1) is 10.1. The van der Waals surface area contributed by atoms with Gasteiger partial charge in [0, 0.05) is 37.2 Å². The summed E-state index contributed by atoms with van der Waals surface area (Å²) in [7, 11) is 0. The fourth-order valence-electron chi connectivity index (χ4n) is 2.98. The first-order valence-electron chi connectivity index (χ1n) is 7.49. The predicted octanol–water partition coefficient (Wildman–Crippen LogP) is 2.05. The van der Waals surface area contributed by atoms with Gasteiger partial charge in [0.05, 0.1) is 6.42 Å². The summed E-state index contributed by atoms with van der Waals surface area (Å²) in [6.07, 6.45) is 2.50. The topological polar surface area (TPSA) is 69.6 Å². The number of carbonyl (C=O) groups is 2. The van der Waals surface area contributed by atoms with Crippen LogP contribution in [0, 0.1) is 0 Å². The second-order valence-electron chi connectivity index (χ2n) is 5.83. The van der Waals surface area contributed by atoms with E-state index in [-0.39, 0.29) is 24.3 Å². The third kappa shape index (κ3) is 3.17. The van der Waals surface area contributed by atoms with Gasteiger partial charge >= 0.3 is 5.97 Å². The van der Waals surface area contributed by atoms with Gasteiger partial charge in [-0.2, -0.15) is 0 Å². The molecule has 1 aromatic carbocycles. The van der Waals surface area contributed by atoms with Crippen LogP contribution in [-0.2, 0) is 9.59 Å². The van der Waals surface area contributed by atoms with E-state index in [0.717, 1.165) is 25.1 Å². The molecule has 0 saturated heterocycles. The lowest BCUT2D eigenvalue weighted by Gasteiger charge is -2.23. The molecule has 1 aromatic rings. The fourth-order valence-corrected chi connectivity index (χ4v) is 2.98. The maximum atomic E-state index is 12.5. The van der Waals surface area contributed by atoms with Crippen molar-refractivity contribution in [1.29, 1.82) is 0 Å². The number of carbonyl (C=O) groups excluding carboxylic acids is 1. The molecule has 21 heavy (non-hydrogen) atoms. The minimum absolute atomic E-state index is 0.0295. The lowest BCUT2D eigenvalue weighted by Crippen LogP contribution is -2.36. The van der Waals surface area contributed by atoms with E-state index in [1.54, 1.807) is 4.90 Å². The van der Waals surface area contributed by atoms with Crippen molar-refractivity contribution in [2.45, 2.75) is 37.6 Å². The fraction of sp³-hybridized carbons (Fsp3) is 0.500. The molecule has 1 aliphatic heterocycles. The Bertz CT molecular complexity index is 554. The van der Waals surface area contributed by atoms with Crippen LogP contribution in [0.3, 0.4) is 0 Å². The highest BCUT2D eigenvalue weighted by Gasteiger charge is 2.34. The summed E-state index contributed by atoms with van der Waals surface area (Å²) < 4.78 is 0. The maximum absolute atomic E-state index is 12.5. The van der Waals surface area contributed by atoms with Gasteiger partial charge in [-0.15, -0.1) is 0 Å². The summed E-state index contributed by atoms with van der Waals surface area (Å²) in [6, 6.07) is 8.34. The van der Waals surface area contributed by atoms with Crippen molar-refractivity contribution in [2.24, 2.45) is 0 Å². The molecule has 1 saturated carbocycles. The molecule has 5 heteroatoms. The predicted molar refractivity (Wildman–Crippen MR) is 79.3 cm³/mol. The zero-order chi connectivity index (χ0) is 14.8. The number of nitrogens with one attached hydrogen (secondary N) is 1. The van der Waals surface area contributed by atoms with Gasteiger partial charge in [0.2, 0.25) is 5.91 Å². The molecule has 0 aromatic heterocycles. The Balaban J connectivity index is 1.63. The molecular formula is C16H20N2O3. The molecule has 3 rings (SSSR count). The number of nitrogens with zero attached hydrogens (tertiary/aromatic N) is 1. The Hall–Kier alpha value is -2.04. The van der Waals surface area contributed by atoms with Crippen molar-refractivity contribution < 1.29 is 14.7 Å². The van der Waals surface area contributed by atoms with Gasteiger partial charge in [-0.1, -0.05) is 18.2 Å². The number of benzene rings is 1. The van der Waals surface area contributed by atoms with Crippen LogP contribution >= 0.6 is 0 Å². The average molecular weight is 288 g/mol. The largest absolute Gasteiger partial charge is 0.481 e. The summed E-state index contributed by atoms with van der Waals surface area (Å²) in [4.78, 5) is 25.0. The minimum Gasteiger partial charge on any atom is -0.481 e. The van der Waals surface area contributed by atoms with Gasteiger partial charge in [-0.25, -0.2) is 0 Å². The van der Waals surface area contributed by atoms with E-state index >= 15 is 0 Å². The maximum Gasteiger partial charge on any atom is 0.305 e. The summed E-state index contributed by atoms with van der Waals surface area (Å²) >= 11 is 0. The Morgan fingerprint density at radius 2 is 2.05 bits per heavy atom. The highest BCUT2D eigenvalue weighted by Crippen LogP contribution is 2.35. The molecule has 1 heterocycles. The molecule has 1 unspecified atom stereocenters. The second kappa shape index (κ2) is 5.76. The van der Waals surface area contributed by atoms with E-state index in [1.807, 2.05) is 18.2 Å². The monoisotopic (exact) mass is 288 g/mol. The number of carboxylic acids is 1. The van der Waals surface area contributed by atoms with Crippen LogP contribution in [0.5, 0.6) is 0 Å². The number of amides is 1. The number of fused-ring (bicyclic) bond motifs is 1. The number of rotatable bonds is 6. The molecule has 1 aliphatic carbocycles. The van der Waals surface area contributed by atoms with Crippen LogP contribution in [0.4, 0.5) is 5.69 Å². The summed E-state index contributed by atoms with van der Waals surface area (Å²) in [6.45, 7) is 1.11. The number of aliphatic carboxylic acids is 1. The van der Waals surface area contributed by atoms with Crippen molar-refractivity contribution in [3.63, 3.8) is 0 Å². The molecule has 0 radical (unpaired) electrons. The second-order valence-corrected chi connectivity index (χ2v) is 5.83. The lowest BCUT2D eigenvalue weighted by molar-refractivity contribution is -0.138. The van der Waals surface area contributed by atoms with Gasteiger partial charge in [0.15, 0.2) is 0 Å². The van der Waals surface area contributed by atoms with Gasteiger partial charge in [-0.05, 0) is 24.5 Å². The smallest absolute Gasteiger partial charge is 0.305 e. The quantitative estimate of drug-likeness (QED) is 0.840. The number of anilines is 1. The van der Waals surface area contributed by atoms with E-state index in [1.165, 1.54) is 5.56 Å². The molecule has 2 aliphatic rings. The van der Waals surface area contributed by atoms with Crippen molar-refractivity contribution >= 4 is 17.6 Å². The lowest BCUT2D eigenvalue weighted by atomic mass is 9.97. The molecule has 2 N–H and O–H groups in total. The molecule has 1 amide bonds. The molecule has 112 valence electrons. The Morgan fingerprint density at radius 3 is 2.76 bits per heavy atom. The third-order valence-electron chi connectivity index (χ3n) is 4.24. The van der Waals surface area contributed by atoms with Crippen LogP contribution in [0.1, 0.15) is 37.2 Å². The molecule has 1 fully saturated rings. The molecule has 0 bridgehead atoms. The summed E-state index contributed by atoms with van der Waals surface area (Å²) in [5.74, 6) is -0.566. The Morgan fingerprint density at radius 1 is 1.29 bits per heavy atom. The molecular weight excluding hydrogens is 268 g/mol. The first-order valence-corrected chi connectivity index (χ1v) is 7.49. The zero-order valence-electron chi connectivity index (χ0n) is 11.9. The van der Waals surface area contributed by atoms with Gasteiger partial charge in [-0.3, -0.25) is 9.59 Å². The van der Waals surface area contributed by atoms with Crippen LogP contribution in [0.25, 0.3) is 0 Å². The van der Waals surface area contributed by atoms with Gasteiger partial charge < -0.3 is 15.3 Å². The molecule has 1 atom stereocenters. The van der Waals surface area contributed by atoms with E-state index in [4.69, 9.17) is 5.11 Å². The standard InChI is InChI=1S/C16H20N2O3/c19-15(18(12-5-6-12)8-7-16(20)21)9-11-10-17-14-4-2-1-3-13(11)14/h1-4,11-12,17H,5-10H2,(H,20,21). The van der Waals surface area contributed by atoms with Crippen LogP contribution in [0.15, 0.2) is 24.3 Å². The SMILES string of the molecule is O=C(O)CCN(C(=O)CC1CNc2ccccc21)C1CC1. The van der Waals surface area contributed by atoms with Crippen molar-refractivity contribution in [3.8, 4) is 0 Å². The number of carboxylic acid groups (broad SMARTS) is 1. The van der Waals surface area contributed by atoms with Crippen molar-refractivity contribution in [2.75, 3.05) is 18.4 Å². The number of hydrogen-bond acceptors (Lipinski definition) is 3.